The fourth-order valence-electron chi connectivity index (χ4n) is 2.33. The van der Waals surface area contributed by atoms with Gasteiger partial charge in [0.15, 0.2) is 6.10 Å². The highest BCUT2D eigenvalue weighted by atomic mass is 16.5. The zero-order valence-corrected chi connectivity index (χ0v) is 11.0. The predicted molar refractivity (Wildman–Crippen MR) is 69.8 cm³/mol. The van der Waals surface area contributed by atoms with Crippen molar-refractivity contribution in [2.24, 2.45) is 11.1 Å². The zero-order valence-electron chi connectivity index (χ0n) is 11.0. The molecule has 1 heterocycles. The number of rotatable bonds is 4. The van der Waals surface area contributed by atoms with E-state index in [0.717, 1.165) is 11.3 Å². The minimum absolute atomic E-state index is 0.154. The Hall–Kier alpha value is -1.59. The van der Waals surface area contributed by atoms with Crippen LogP contribution in [-0.4, -0.2) is 36.9 Å². The second-order valence-corrected chi connectivity index (χ2v) is 4.79. The minimum atomic E-state index is -1.27. The van der Waals surface area contributed by atoms with Crippen LogP contribution in [0.1, 0.15) is 12.5 Å². The van der Waals surface area contributed by atoms with Crippen LogP contribution in [0.15, 0.2) is 24.3 Å². The molecular weight excluding hydrogens is 246 g/mol. The van der Waals surface area contributed by atoms with E-state index >= 15 is 0 Å². The maximum Gasteiger partial charge on any atom is 0.335 e. The van der Waals surface area contributed by atoms with Gasteiger partial charge in [0, 0.05) is 6.54 Å². The Bertz CT molecular complexity index is 463. The van der Waals surface area contributed by atoms with Gasteiger partial charge in [-0.1, -0.05) is 18.2 Å². The van der Waals surface area contributed by atoms with Crippen molar-refractivity contribution in [1.82, 2.24) is 0 Å². The molecule has 5 heteroatoms. The number of benzene rings is 1. The Balaban J connectivity index is 2.23. The molecule has 3 N–H and O–H groups in total. The van der Waals surface area contributed by atoms with E-state index in [1.54, 1.807) is 6.92 Å². The number of hydrogen-bond donors (Lipinski definition) is 2. The molecule has 0 amide bonds. The number of carbonyl (C=O) groups excluding carboxylic acids is 1. The van der Waals surface area contributed by atoms with Gasteiger partial charge in [-0.25, -0.2) is 4.79 Å². The van der Waals surface area contributed by atoms with E-state index in [1.807, 2.05) is 24.3 Å². The topological polar surface area (TPSA) is 81.8 Å². The lowest BCUT2D eigenvalue weighted by molar-refractivity contribution is -0.163. The van der Waals surface area contributed by atoms with Gasteiger partial charge in [0.2, 0.25) is 0 Å². The van der Waals surface area contributed by atoms with Crippen molar-refractivity contribution in [3.05, 3.63) is 29.8 Å². The highest BCUT2D eigenvalue weighted by Gasteiger charge is 2.45. The van der Waals surface area contributed by atoms with Gasteiger partial charge in [-0.15, -0.1) is 0 Å². The highest BCUT2D eigenvalue weighted by molar-refractivity contribution is 5.75. The summed E-state index contributed by atoms with van der Waals surface area (Å²) in [6.45, 7) is 2.29. The molecule has 0 aliphatic carbocycles. The van der Waals surface area contributed by atoms with Crippen LogP contribution in [0.4, 0.5) is 0 Å². The average molecular weight is 265 g/mol. The first-order valence-electron chi connectivity index (χ1n) is 6.38. The number of carbonyl (C=O) groups is 1. The third kappa shape index (κ3) is 2.57. The van der Waals surface area contributed by atoms with E-state index in [4.69, 9.17) is 15.2 Å². The summed E-state index contributed by atoms with van der Waals surface area (Å²) in [6.07, 6.45) is -0.773. The van der Waals surface area contributed by atoms with E-state index in [2.05, 4.69) is 0 Å². The predicted octanol–water partition coefficient (Wildman–Crippen LogP) is 0.491. The molecule has 0 spiro atoms. The van der Waals surface area contributed by atoms with Crippen LogP contribution < -0.4 is 10.5 Å². The highest BCUT2D eigenvalue weighted by Crippen LogP contribution is 2.36. The number of nitrogens with two attached hydrogens (primary N) is 1. The smallest absolute Gasteiger partial charge is 0.335 e. The molecule has 0 bridgehead atoms. The first-order chi connectivity index (χ1) is 9.13. The molecule has 19 heavy (non-hydrogen) atoms. The number of para-hydroxylation sites is 1. The van der Waals surface area contributed by atoms with Crippen LogP contribution in [0.5, 0.6) is 5.75 Å². The summed E-state index contributed by atoms with van der Waals surface area (Å²) in [7, 11) is 0. The second kappa shape index (κ2) is 5.59. The number of esters is 1. The minimum Gasteiger partial charge on any atom is -0.493 e. The first-order valence-corrected chi connectivity index (χ1v) is 6.38. The number of aliphatic hydroxyl groups is 1. The lowest BCUT2D eigenvalue weighted by atomic mass is 9.75. The molecule has 0 saturated heterocycles. The van der Waals surface area contributed by atoms with Crippen molar-refractivity contribution >= 4 is 5.97 Å². The summed E-state index contributed by atoms with van der Waals surface area (Å²) in [5.41, 5.74) is 5.91. The number of ether oxygens (including phenoxy) is 2. The lowest BCUT2D eigenvalue weighted by Gasteiger charge is -2.39. The molecule has 0 aromatic heterocycles. The average Bonchev–Trinajstić information content (AvgIpc) is 2.46. The first kappa shape index (κ1) is 13.8. The fraction of sp³-hybridized carbons (Fsp3) is 0.500. The molecule has 104 valence electrons. The Labute approximate surface area is 112 Å². The van der Waals surface area contributed by atoms with Gasteiger partial charge in [-0.2, -0.15) is 0 Å². The largest absolute Gasteiger partial charge is 0.493 e. The van der Waals surface area contributed by atoms with Crippen molar-refractivity contribution in [3.63, 3.8) is 0 Å². The maximum atomic E-state index is 11.7. The van der Waals surface area contributed by atoms with Crippen LogP contribution in [0.3, 0.4) is 0 Å². The monoisotopic (exact) mass is 265 g/mol. The zero-order chi connectivity index (χ0) is 13.9. The SMILES string of the molecule is CCOC(=O)C(O)C1(CN)COc2ccccc2C1. The van der Waals surface area contributed by atoms with Gasteiger partial charge < -0.3 is 20.3 Å². The summed E-state index contributed by atoms with van der Waals surface area (Å²) < 4.78 is 10.5. The van der Waals surface area contributed by atoms with Gasteiger partial charge in [-0.05, 0) is 25.0 Å². The fourth-order valence-corrected chi connectivity index (χ4v) is 2.33. The molecule has 1 aliphatic heterocycles. The Morgan fingerprint density at radius 1 is 1.58 bits per heavy atom. The third-order valence-electron chi connectivity index (χ3n) is 3.53. The molecular formula is C14H19NO4. The van der Waals surface area contributed by atoms with E-state index in [-0.39, 0.29) is 19.8 Å². The van der Waals surface area contributed by atoms with Crippen molar-refractivity contribution in [1.29, 1.82) is 0 Å². The molecule has 2 rings (SSSR count). The summed E-state index contributed by atoms with van der Waals surface area (Å²) in [5, 5.41) is 10.2. The molecule has 0 fully saturated rings. The lowest BCUT2D eigenvalue weighted by Crippen LogP contribution is -2.53. The molecule has 2 atom stereocenters. The molecule has 1 aliphatic rings. The number of fused-ring (bicyclic) bond motifs is 1. The molecule has 0 saturated carbocycles. The van der Waals surface area contributed by atoms with Crippen LogP contribution in [-0.2, 0) is 16.0 Å². The second-order valence-electron chi connectivity index (χ2n) is 4.79. The summed E-state index contributed by atoms with van der Waals surface area (Å²) >= 11 is 0. The normalized spacial score (nSPS) is 23.1. The summed E-state index contributed by atoms with van der Waals surface area (Å²) in [5.74, 6) is 0.138. The quantitative estimate of drug-likeness (QED) is 0.774. The van der Waals surface area contributed by atoms with Gasteiger partial charge >= 0.3 is 5.97 Å². The van der Waals surface area contributed by atoms with Crippen LogP contribution in [0.2, 0.25) is 0 Å². The Kier molecular flexibility index (Phi) is 4.07. The Morgan fingerprint density at radius 2 is 2.32 bits per heavy atom. The standard InChI is InChI=1S/C14H19NO4/c1-2-18-13(17)12(16)14(8-15)7-10-5-3-4-6-11(10)19-9-14/h3-6,12,16H,2,7-9,15H2,1H3. The molecule has 2 unspecified atom stereocenters. The van der Waals surface area contributed by atoms with Crippen molar-refractivity contribution in [2.45, 2.75) is 19.4 Å². The van der Waals surface area contributed by atoms with Crippen molar-refractivity contribution in [2.75, 3.05) is 19.8 Å². The molecule has 0 radical (unpaired) electrons. The summed E-state index contributed by atoms with van der Waals surface area (Å²) in [6, 6.07) is 7.56. The maximum absolute atomic E-state index is 11.7. The van der Waals surface area contributed by atoms with Crippen molar-refractivity contribution < 1.29 is 19.4 Å². The van der Waals surface area contributed by atoms with Crippen LogP contribution >= 0.6 is 0 Å². The van der Waals surface area contributed by atoms with Gasteiger partial charge in [0.25, 0.3) is 0 Å². The molecule has 5 nitrogen and oxygen atoms in total. The third-order valence-corrected chi connectivity index (χ3v) is 3.53. The van der Waals surface area contributed by atoms with E-state index in [9.17, 15) is 9.90 Å². The molecule has 1 aromatic rings. The number of hydrogen-bond acceptors (Lipinski definition) is 5. The Morgan fingerprint density at radius 3 is 3.00 bits per heavy atom. The van der Waals surface area contributed by atoms with E-state index < -0.39 is 17.5 Å². The van der Waals surface area contributed by atoms with Gasteiger partial charge in [-0.3, -0.25) is 0 Å². The van der Waals surface area contributed by atoms with E-state index in [1.165, 1.54) is 0 Å². The molecule has 1 aromatic carbocycles. The number of aliphatic hydroxyl groups excluding tert-OH is 1. The van der Waals surface area contributed by atoms with Gasteiger partial charge in [0.1, 0.15) is 5.75 Å². The summed E-state index contributed by atoms with van der Waals surface area (Å²) in [4.78, 5) is 11.7. The van der Waals surface area contributed by atoms with Gasteiger partial charge in [0.05, 0.1) is 18.6 Å². The van der Waals surface area contributed by atoms with E-state index in [0.29, 0.717) is 6.42 Å². The van der Waals surface area contributed by atoms with Crippen LogP contribution in [0, 0.1) is 5.41 Å². The van der Waals surface area contributed by atoms with Crippen molar-refractivity contribution in [3.8, 4) is 5.75 Å². The van der Waals surface area contributed by atoms with Crippen LogP contribution in [0.25, 0.3) is 0 Å².